The highest BCUT2D eigenvalue weighted by atomic mass is 32.1. The largest absolute Gasteiger partial charge is 0.336 e. The first-order valence-electron chi connectivity index (χ1n) is 9.09. The van der Waals surface area contributed by atoms with Crippen LogP contribution in [0.5, 0.6) is 0 Å². The molecule has 0 saturated carbocycles. The number of aromatic amines is 2. The second-order valence-corrected chi connectivity index (χ2v) is 7.87. The number of nitrogens with one attached hydrogen (secondary N) is 2. The number of hydrogen-bond acceptors (Lipinski definition) is 6. The molecule has 146 valence electrons. The van der Waals surface area contributed by atoms with Crippen LogP contribution in [0.1, 0.15) is 0 Å². The van der Waals surface area contributed by atoms with Crippen LogP contribution in [-0.4, -0.2) is 39.9 Å². The summed E-state index contributed by atoms with van der Waals surface area (Å²) in [6.07, 6.45) is 7.11. The lowest BCUT2D eigenvalue weighted by Crippen LogP contribution is -1.85. The van der Waals surface area contributed by atoms with Gasteiger partial charge in [-0.25, -0.2) is 4.98 Å². The monoisotopic (exact) mass is 416 g/mol. The third kappa shape index (κ3) is 2.61. The van der Waals surface area contributed by atoms with Crippen LogP contribution in [0.4, 0.5) is 4.39 Å². The van der Waals surface area contributed by atoms with E-state index in [1.54, 1.807) is 29.3 Å². The van der Waals surface area contributed by atoms with E-state index < -0.39 is 0 Å². The van der Waals surface area contributed by atoms with Crippen molar-refractivity contribution in [1.29, 1.82) is 0 Å². The fourth-order valence-electron chi connectivity index (χ4n) is 3.48. The molecule has 0 saturated heterocycles. The maximum atomic E-state index is 13.5. The summed E-state index contributed by atoms with van der Waals surface area (Å²) in [5.74, 6) is 0.603. The average Bonchev–Trinajstić information content (AvgIpc) is 3.52. The van der Waals surface area contributed by atoms with Crippen molar-refractivity contribution in [3.63, 3.8) is 0 Å². The molecule has 0 aliphatic rings. The fourth-order valence-corrected chi connectivity index (χ4v) is 4.21. The lowest BCUT2D eigenvalue weighted by atomic mass is 10.1. The van der Waals surface area contributed by atoms with Crippen molar-refractivity contribution in [2.24, 2.45) is 7.05 Å². The summed E-state index contributed by atoms with van der Waals surface area (Å²) < 4.78 is 15.3. The number of hydrogen-bond donors (Lipinski definition) is 2. The second-order valence-electron chi connectivity index (χ2n) is 6.83. The number of fused-ring (bicyclic) bond motifs is 2. The van der Waals surface area contributed by atoms with Crippen LogP contribution in [0.3, 0.4) is 0 Å². The van der Waals surface area contributed by atoms with Gasteiger partial charge < -0.3 is 4.98 Å². The minimum absolute atomic E-state index is 0.256. The Bertz CT molecular complexity index is 1540. The molecular weight excluding hydrogens is 403 g/mol. The smallest absolute Gasteiger partial charge is 0.177 e. The predicted molar refractivity (Wildman–Crippen MR) is 112 cm³/mol. The summed E-state index contributed by atoms with van der Waals surface area (Å²) in [5.41, 5.74) is 5.32. The highest BCUT2D eigenvalue weighted by Gasteiger charge is 2.17. The van der Waals surface area contributed by atoms with Gasteiger partial charge in [-0.15, -0.1) is 11.3 Å². The first-order chi connectivity index (χ1) is 14.7. The number of nitrogens with zero attached hydrogens (tertiary/aromatic N) is 6. The highest BCUT2D eigenvalue weighted by Crippen LogP contribution is 2.33. The van der Waals surface area contributed by atoms with Gasteiger partial charge in [-0.3, -0.25) is 19.7 Å². The van der Waals surface area contributed by atoms with E-state index in [0.29, 0.717) is 22.7 Å². The van der Waals surface area contributed by atoms with E-state index in [9.17, 15) is 4.39 Å². The topological polar surface area (TPSA) is 101 Å². The molecule has 6 heterocycles. The zero-order valence-corrected chi connectivity index (χ0v) is 16.4. The van der Waals surface area contributed by atoms with E-state index in [-0.39, 0.29) is 5.13 Å². The summed E-state index contributed by atoms with van der Waals surface area (Å²) in [6.45, 7) is 0. The second kappa shape index (κ2) is 6.29. The summed E-state index contributed by atoms with van der Waals surface area (Å²) in [7, 11) is 1.87. The quantitative estimate of drug-likeness (QED) is 0.451. The minimum atomic E-state index is -0.256. The number of H-pyrrole nitrogens is 2. The molecule has 6 rings (SSSR count). The average molecular weight is 416 g/mol. The number of rotatable bonds is 3. The first kappa shape index (κ1) is 17.0. The Labute approximate surface area is 172 Å². The van der Waals surface area contributed by atoms with Crippen molar-refractivity contribution in [3.8, 4) is 33.3 Å². The first-order valence-corrected chi connectivity index (χ1v) is 9.91. The molecule has 0 aliphatic heterocycles. The zero-order valence-electron chi connectivity index (χ0n) is 15.6. The van der Waals surface area contributed by atoms with Crippen LogP contribution in [0, 0.1) is 5.13 Å². The van der Waals surface area contributed by atoms with Gasteiger partial charge in [0.25, 0.3) is 0 Å². The van der Waals surface area contributed by atoms with Gasteiger partial charge in [0.1, 0.15) is 16.9 Å². The molecule has 30 heavy (non-hydrogen) atoms. The van der Waals surface area contributed by atoms with E-state index in [2.05, 4.69) is 30.2 Å². The Hall–Kier alpha value is -3.92. The minimum Gasteiger partial charge on any atom is -0.336 e. The van der Waals surface area contributed by atoms with Crippen LogP contribution in [0.2, 0.25) is 0 Å². The van der Waals surface area contributed by atoms with Crippen molar-refractivity contribution < 1.29 is 4.39 Å². The number of halogens is 1. The Balaban J connectivity index is 1.52. The van der Waals surface area contributed by atoms with Crippen LogP contribution in [0.25, 0.3) is 55.3 Å². The Kier molecular flexibility index (Phi) is 3.56. The van der Waals surface area contributed by atoms with Crippen LogP contribution < -0.4 is 0 Å². The van der Waals surface area contributed by atoms with Gasteiger partial charge in [-0.05, 0) is 24.3 Å². The number of pyridine rings is 2. The van der Waals surface area contributed by atoms with Crippen molar-refractivity contribution in [2.45, 2.75) is 0 Å². The molecule has 0 radical (unpaired) electrons. The van der Waals surface area contributed by atoms with Crippen molar-refractivity contribution in [1.82, 2.24) is 39.9 Å². The highest BCUT2D eigenvalue weighted by molar-refractivity contribution is 7.13. The van der Waals surface area contributed by atoms with Crippen LogP contribution >= 0.6 is 11.3 Å². The summed E-state index contributed by atoms with van der Waals surface area (Å²) in [6, 6.07) is 6.96. The van der Waals surface area contributed by atoms with Gasteiger partial charge in [0.15, 0.2) is 11.0 Å². The maximum absolute atomic E-state index is 13.5. The van der Waals surface area contributed by atoms with Crippen molar-refractivity contribution >= 4 is 33.3 Å². The standard InChI is InChI=1S/C20H13FN8S/c1-29-9-10(7-24-29)13-6-11-14(8-23-13)27-28-17(11)20-25-12-4-5-22-19(18(12)26-20)15-2-3-16(21)30-15/h2-9H,1H3,(H,25,26)(H,27,28). The molecule has 0 aromatic carbocycles. The van der Waals surface area contributed by atoms with E-state index in [4.69, 9.17) is 4.98 Å². The lowest BCUT2D eigenvalue weighted by molar-refractivity contribution is 0.657. The maximum Gasteiger partial charge on any atom is 0.177 e. The molecule has 6 aromatic rings. The number of aryl methyl sites for hydroxylation is 1. The molecule has 0 unspecified atom stereocenters. The summed E-state index contributed by atoms with van der Waals surface area (Å²) in [5, 5.41) is 12.3. The molecule has 0 amide bonds. The van der Waals surface area contributed by atoms with Gasteiger partial charge in [-0.2, -0.15) is 14.6 Å². The van der Waals surface area contributed by atoms with Crippen molar-refractivity contribution in [3.05, 3.63) is 54.2 Å². The molecule has 8 nitrogen and oxygen atoms in total. The molecule has 0 fully saturated rings. The van der Waals surface area contributed by atoms with Gasteiger partial charge in [-0.1, -0.05) is 0 Å². The predicted octanol–water partition coefficient (Wildman–Crippen LogP) is 4.16. The number of aromatic nitrogens is 8. The molecule has 0 aliphatic carbocycles. The molecule has 10 heteroatoms. The summed E-state index contributed by atoms with van der Waals surface area (Å²) in [4.78, 5) is 17.7. The van der Waals surface area contributed by atoms with Gasteiger partial charge >= 0.3 is 0 Å². The zero-order chi connectivity index (χ0) is 20.2. The van der Waals surface area contributed by atoms with Crippen molar-refractivity contribution in [2.75, 3.05) is 0 Å². The van der Waals surface area contributed by atoms with E-state index in [1.165, 1.54) is 6.07 Å². The van der Waals surface area contributed by atoms with Crippen LogP contribution in [0.15, 0.2) is 49.1 Å². The lowest BCUT2D eigenvalue weighted by Gasteiger charge is -1.98. The third-order valence-electron chi connectivity index (χ3n) is 4.88. The summed E-state index contributed by atoms with van der Waals surface area (Å²) >= 11 is 1.05. The molecular formula is C20H13FN8S. The Morgan fingerprint density at radius 2 is 2.00 bits per heavy atom. The SMILES string of the molecule is Cn1cc(-c2cc3c(-c4nc5c(-c6ccc(F)s6)nccc5[nH]4)n[nH]c3cn2)cn1. The molecule has 2 N–H and O–H groups in total. The van der Waals surface area contributed by atoms with Crippen LogP contribution in [-0.2, 0) is 7.05 Å². The Morgan fingerprint density at radius 3 is 2.80 bits per heavy atom. The van der Waals surface area contributed by atoms with E-state index in [1.807, 2.05) is 25.4 Å². The van der Waals surface area contributed by atoms with E-state index >= 15 is 0 Å². The number of imidazole rings is 1. The normalized spacial score (nSPS) is 11.7. The molecule has 0 spiro atoms. The molecule has 6 aromatic heterocycles. The fraction of sp³-hybridized carbons (Fsp3) is 0.0500. The van der Waals surface area contributed by atoms with Gasteiger partial charge in [0, 0.05) is 30.4 Å². The Morgan fingerprint density at radius 1 is 1.07 bits per heavy atom. The number of thiophene rings is 1. The van der Waals surface area contributed by atoms with E-state index in [0.717, 1.165) is 43.9 Å². The third-order valence-corrected chi connectivity index (χ3v) is 5.76. The molecule has 0 atom stereocenters. The van der Waals surface area contributed by atoms with Gasteiger partial charge in [0.05, 0.1) is 34.0 Å². The van der Waals surface area contributed by atoms with Gasteiger partial charge in [0.2, 0.25) is 0 Å². The molecule has 0 bridgehead atoms.